The molecule has 2 aromatic carbocycles. The van der Waals surface area contributed by atoms with Crippen LogP contribution in [0.4, 0.5) is 0 Å². The lowest BCUT2D eigenvalue weighted by molar-refractivity contribution is 0.200. The van der Waals surface area contributed by atoms with Crippen molar-refractivity contribution in [3.8, 4) is 17.3 Å². The van der Waals surface area contributed by atoms with E-state index in [2.05, 4.69) is 11.1 Å². The molecule has 0 radical (unpaired) electrons. The quantitative estimate of drug-likeness (QED) is 0.451. The third-order valence-corrected chi connectivity index (χ3v) is 5.87. The average Bonchev–Trinajstić information content (AvgIpc) is 3.17. The predicted molar refractivity (Wildman–Crippen MR) is 115 cm³/mol. The third-order valence-electron chi connectivity index (χ3n) is 5.87. The number of benzene rings is 2. The zero-order valence-electron chi connectivity index (χ0n) is 16.7. The fraction of sp³-hybridized carbons (Fsp3) is 0.333. The maximum Gasteiger partial charge on any atom is 0.226 e. The van der Waals surface area contributed by atoms with Gasteiger partial charge in [0.25, 0.3) is 0 Å². The molecule has 0 saturated heterocycles. The standard InChI is InChI=1S/C24H25N3O2/c1-28-19-13-11-18(12-14-19)27-24(29-16-17-7-3-2-4-8-17)21-15-25-22-10-6-5-9-20(22)23(21)26-27/h5-6,9-15,17H,2-4,7-8,16H2,1H3. The van der Waals surface area contributed by atoms with Crippen molar-refractivity contribution in [3.05, 3.63) is 54.7 Å². The van der Waals surface area contributed by atoms with Crippen LogP contribution in [0.15, 0.2) is 54.7 Å². The Bertz CT molecular complexity index is 1130. The van der Waals surface area contributed by atoms with Gasteiger partial charge >= 0.3 is 0 Å². The molecule has 0 atom stereocenters. The highest BCUT2D eigenvalue weighted by Crippen LogP contribution is 2.34. The van der Waals surface area contributed by atoms with E-state index in [1.807, 2.05) is 53.3 Å². The van der Waals surface area contributed by atoms with E-state index in [9.17, 15) is 0 Å². The molecule has 0 unspecified atom stereocenters. The Morgan fingerprint density at radius 2 is 1.76 bits per heavy atom. The van der Waals surface area contributed by atoms with Crippen molar-refractivity contribution >= 4 is 21.8 Å². The smallest absolute Gasteiger partial charge is 0.226 e. The zero-order valence-corrected chi connectivity index (χ0v) is 16.7. The lowest BCUT2D eigenvalue weighted by atomic mass is 9.90. The molecule has 148 valence electrons. The van der Waals surface area contributed by atoms with Crippen LogP contribution in [-0.4, -0.2) is 28.5 Å². The molecule has 0 amide bonds. The first-order chi connectivity index (χ1) is 14.3. The summed E-state index contributed by atoms with van der Waals surface area (Å²) in [5.74, 6) is 2.21. The number of nitrogens with zero attached hydrogens (tertiary/aromatic N) is 3. The van der Waals surface area contributed by atoms with Crippen molar-refractivity contribution in [2.24, 2.45) is 5.92 Å². The van der Waals surface area contributed by atoms with Gasteiger partial charge in [-0.2, -0.15) is 9.78 Å². The number of methoxy groups -OCH3 is 1. The summed E-state index contributed by atoms with van der Waals surface area (Å²) in [5, 5.41) is 6.94. The number of rotatable bonds is 5. The van der Waals surface area contributed by atoms with Crippen molar-refractivity contribution in [3.63, 3.8) is 0 Å². The summed E-state index contributed by atoms with van der Waals surface area (Å²) >= 11 is 0. The molecule has 1 aliphatic rings. The molecule has 0 aliphatic heterocycles. The van der Waals surface area contributed by atoms with Crippen LogP contribution in [0.5, 0.6) is 11.6 Å². The lowest BCUT2D eigenvalue weighted by Gasteiger charge is -2.22. The topological polar surface area (TPSA) is 49.2 Å². The minimum Gasteiger partial charge on any atom is -0.497 e. The molecule has 4 aromatic rings. The van der Waals surface area contributed by atoms with Crippen molar-refractivity contribution < 1.29 is 9.47 Å². The molecular weight excluding hydrogens is 362 g/mol. The first-order valence-corrected chi connectivity index (χ1v) is 10.4. The van der Waals surface area contributed by atoms with Crippen LogP contribution >= 0.6 is 0 Å². The number of pyridine rings is 1. The summed E-state index contributed by atoms with van der Waals surface area (Å²) < 4.78 is 13.6. The van der Waals surface area contributed by atoms with E-state index < -0.39 is 0 Å². The van der Waals surface area contributed by atoms with Gasteiger partial charge in [0.2, 0.25) is 5.88 Å². The van der Waals surface area contributed by atoms with Gasteiger partial charge in [-0.25, -0.2) is 0 Å². The fourth-order valence-electron chi connectivity index (χ4n) is 4.24. The van der Waals surface area contributed by atoms with Crippen LogP contribution in [0.1, 0.15) is 32.1 Å². The molecular formula is C24H25N3O2. The molecule has 1 saturated carbocycles. The van der Waals surface area contributed by atoms with Gasteiger partial charge in [0, 0.05) is 11.6 Å². The second-order valence-electron chi connectivity index (χ2n) is 7.77. The lowest BCUT2D eigenvalue weighted by Crippen LogP contribution is -2.16. The van der Waals surface area contributed by atoms with E-state index in [0.717, 1.165) is 45.7 Å². The van der Waals surface area contributed by atoms with E-state index in [0.29, 0.717) is 5.92 Å². The molecule has 1 aliphatic carbocycles. The van der Waals surface area contributed by atoms with Crippen molar-refractivity contribution in [2.45, 2.75) is 32.1 Å². The highest BCUT2D eigenvalue weighted by molar-refractivity contribution is 6.05. The average molecular weight is 387 g/mol. The maximum atomic E-state index is 6.42. The molecule has 0 spiro atoms. The Kier molecular flexibility index (Phi) is 4.80. The molecule has 5 nitrogen and oxygen atoms in total. The van der Waals surface area contributed by atoms with Gasteiger partial charge in [0.15, 0.2) is 0 Å². The summed E-state index contributed by atoms with van der Waals surface area (Å²) in [6, 6.07) is 16.0. The van der Waals surface area contributed by atoms with Gasteiger partial charge in [-0.1, -0.05) is 37.5 Å². The Labute approximate surface area is 170 Å². The summed E-state index contributed by atoms with van der Waals surface area (Å²) in [5.41, 5.74) is 2.81. The van der Waals surface area contributed by atoms with Crippen molar-refractivity contribution in [2.75, 3.05) is 13.7 Å². The van der Waals surface area contributed by atoms with Gasteiger partial charge in [-0.15, -0.1) is 0 Å². The van der Waals surface area contributed by atoms with Crippen molar-refractivity contribution in [1.29, 1.82) is 0 Å². The van der Waals surface area contributed by atoms with Crippen LogP contribution in [0.3, 0.4) is 0 Å². The maximum absolute atomic E-state index is 6.42. The molecule has 5 rings (SSSR count). The number of fused-ring (bicyclic) bond motifs is 3. The molecule has 0 bridgehead atoms. The van der Waals surface area contributed by atoms with E-state index >= 15 is 0 Å². The number of para-hydroxylation sites is 1. The first-order valence-electron chi connectivity index (χ1n) is 10.4. The minimum absolute atomic E-state index is 0.617. The van der Waals surface area contributed by atoms with Crippen LogP contribution in [0.25, 0.3) is 27.5 Å². The Balaban J connectivity index is 1.61. The predicted octanol–water partition coefficient (Wildman–Crippen LogP) is 5.54. The van der Waals surface area contributed by atoms with E-state index in [-0.39, 0.29) is 0 Å². The van der Waals surface area contributed by atoms with Crippen molar-refractivity contribution in [1.82, 2.24) is 14.8 Å². The summed E-state index contributed by atoms with van der Waals surface area (Å²) in [4.78, 5) is 4.65. The van der Waals surface area contributed by atoms with Crippen LogP contribution in [-0.2, 0) is 0 Å². The second kappa shape index (κ2) is 7.74. The van der Waals surface area contributed by atoms with Crippen LogP contribution in [0.2, 0.25) is 0 Å². The highest BCUT2D eigenvalue weighted by atomic mass is 16.5. The summed E-state index contributed by atoms with van der Waals surface area (Å²) in [6.07, 6.45) is 8.34. The van der Waals surface area contributed by atoms with E-state index in [4.69, 9.17) is 14.6 Å². The van der Waals surface area contributed by atoms with Gasteiger partial charge in [0.1, 0.15) is 11.3 Å². The van der Waals surface area contributed by atoms with Gasteiger partial charge in [-0.05, 0) is 49.1 Å². The largest absolute Gasteiger partial charge is 0.497 e. The fourth-order valence-corrected chi connectivity index (χ4v) is 4.24. The van der Waals surface area contributed by atoms with Crippen LogP contribution in [0, 0.1) is 5.92 Å². The van der Waals surface area contributed by atoms with E-state index in [1.165, 1.54) is 32.1 Å². The molecule has 2 aromatic heterocycles. The normalized spacial score (nSPS) is 15.1. The third kappa shape index (κ3) is 3.41. The molecule has 29 heavy (non-hydrogen) atoms. The first kappa shape index (κ1) is 18.0. The molecule has 1 fully saturated rings. The Morgan fingerprint density at radius 3 is 2.55 bits per heavy atom. The molecule has 5 heteroatoms. The number of hydrogen-bond donors (Lipinski definition) is 0. The van der Waals surface area contributed by atoms with Crippen LogP contribution < -0.4 is 9.47 Å². The molecule has 0 N–H and O–H groups in total. The molecule has 2 heterocycles. The Hall–Kier alpha value is -3.08. The number of aromatic nitrogens is 3. The number of ether oxygens (including phenoxy) is 2. The van der Waals surface area contributed by atoms with Gasteiger partial charge < -0.3 is 9.47 Å². The highest BCUT2D eigenvalue weighted by Gasteiger charge is 2.20. The SMILES string of the molecule is COc1ccc(-n2nc3c(cnc4ccccc43)c2OCC2CCCCC2)cc1. The zero-order chi connectivity index (χ0) is 19.6. The number of hydrogen-bond acceptors (Lipinski definition) is 4. The summed E-state index contributed by atoms with van der Waals surface area (Å²) in [6.45, 7) is 0.726. The van der Waals surface area contributed by atoms with Gasteiger partial charge in [-0.3, -0.25) is 4.98 Å². The van der Waals surface area contributed by atoms with Gasteiger partial charge in [0.05, 0.1) is 30.3 Å². The summed E-state index contributed by atoms with van der Waals surface area (Å²) in [7, 11) is 1.67. The Morgan fingerprint density at radius 1 is 0.966 bits per heavy atom. The second-order valence-corrected chi connectivity index (χ2v) is 7.77. The minimum atomic E-state index is 0.617. The monoisotopic (exact) mass is 387 g/mol. The van der Waals surface area contributed by atoms with E-state index in [1.54, 1.807) is 7.11 Å².